The number of nitrogens with one attached hydrogen (secondary N) is 1. The van der Waals surface area contributed by atoms with E-state index in [1.807, 2.05) is 24.4 Å². The van der Waals surface area contributed by atoms with Crippen molar-refractivity contribution < 1.29 is 17.9 Å². The lowest BCUT2D eigenvalue weighted by Gasteiger charge is -2.26. The predicted octanol–water partition coefficient (Wildman–Crippen LogP) is 2.91. The number of nitrogens with zero attached hydrogens (tertiary/aromatic N) is 1. The molecule has 6 nitrogen and oxygen atoms in total. The van der Waals surface area contributed by atoms with Crippen molar-refractivity contribution in [1.29, 1.82) is 0 Å². The van der Waals surface area contributed by atoms with Crippen molar-refractivity contribution in [2.75, 3.05) is 26.3 Å². The van der Waals surface area contributed by atoms with E-state index in [2.05, 4.69) is 5.32 Å². The average molecular weight is 415 g/mol. The van der Waals surface area contributed by atoms with E-state index < -0.39 is 10.0 Å². The molecule has 1 amide bonds. The lowest BCUT2D eigenvalue weighted by molar-refractivity contribution is 0.0730. The first-order valence-corrected chi connectivity index (χ1v) is 10.8. The molecule has 26 heavy (non-hydrogen) atoms. The summed E-state index contributed by atoms with van der Waals surface area (Å²) in [5.74, 6) is -0.346. The van der Waals surface area contributed by atoms with Crippen molar-refractivity contribution in [3.63, 3.8) is 0 Å². The normalized spacial score (nSPS) is 17.0. The van der Waals surface area contributed by atoms with E-state index in [1.54, 1.807) is 11.3 Å². The molecular weight excluding hydrogens is 396 g/mol. The summed E-state index contributed by atoms with van der Waals surface area (Å²) in [6, 6.07) is 7.99. The summed E-state index contributed by atoms with van der Waals surface area (Å²) in [5, 5.41) is 4.91. The van der Waals surface area contributed by atoms with Crippen LogP contribution in [0.15, 0.2) is 40.6 Å². The maximum absolute atomic E-state index is 12.8. The van der Waals surface area contributed by atoms with E-state index >= 15 is 0 Å². The van der Waals surface area contributed by atoms with Crippen molar-refractivity contribution >= 4 is 38.9 Å². The minimum absolute atomic E-state index is 0.0579. The number of hydrogen-bond acceptors (Lipinski definition) is 5. The Morgan fingerprint density at radius 2 is 2.04 bits per heavy atom. The van der Waals surface area contributed by atoms with Crippen molar-refractivity contribution in [1.82, 2.24) is 9.62 Å². The number of hydrogen-bond donors (Lipinski definition) is 1. The first-order chi connectivity index (χ1) is 12.4. The standard InChI is InChI=1S/C17H19ClN2O4S2/c1-12(15-3-2-10-25-15)19-17(21)13-4-5-14(18)16(11-13)26(22,23)20-6-8-24-9-7-20/h2-5,10-12H,6-9H2,1H3,(H,19,21). The first-order valence-electron chi connectivity index (χ1n) is 8.11. The molecule has 140 valence electrons. The zero-order valence-corrected chi connectivity index (χ0v) is 16.5. The van der Waals surface area contributed by atoms with E-state index in [0.29, 0.717) is 13.2 Å². The van der Waals surface area contributed by atoms with Crippen LogP contribution in [-0.2, 0) is 14.8 Å². The number of carbonyl (C=O) groups excluding carboxylic acids is 1. The van der Waals surface area contributed by atoms with Crippen LogP contribution in [0.25, 0.3) is 0 Å². The SMILES string of the molecule is CC(NC(=O)c1ccc(Cl)c(S(=O)(=O)N2CCOCC2)c1)c1cccs1. The highest BCUT2D eigenvalue weighted by Crippen LogP contribution is 2.27. The topological polar surface area (TPSA) is 75.7 Å². The van der Waals surface area contributed by atoms with Gasteiger partial charge in [-0.25, -0.2) is 8.42 Å². The van der Waals surface area contributed by atoms with Crippen molar-refractivity contribution in [2.45, 2.75) is 17.9 Å². The maximum atomic E-state index is 12.8. The molecule has 1 fully saturated rings. The number of ether oxygens (including phenoxy) is 1. The van der Waals surface area contributed by atoms with Gasteiger partial charge in [0.2, 0.25) is 10.0 Å². The molecule has 1 aromatic carbocycles. The first kappa shape index (κ1) is 19.3. The summed E-state index contributed by atoms with van der Waals surface area (Å²) in [6.45, 7) is 3.10. The van der Waals surface area contributed by atoms with Gasteiger partial charge in [-0.2, -0.15) is 4.31 Å². The molecule has 2 aromatic rings. The third kappa shape index (κ3) is 4.10. The van der Waals surface area contributed by atoms with E-state index in [0.717, 1.165) is 4.88 Å². The largest absolute Gasteiger partial charge is 0.379 e. The summed E-state index contributed by atoms with van der Waals surface area (Å²) in [6.07, 6.45) is 0. The monoisotopic (exact) mass is 414 g/mol. The Balaban J connectivity index is 1.84. The Morgan fingerprint density at radius 3 is 2.69 bits per heavy atom. The molecule has 0 radical (unpaired) electrons. The summed E-state index contributed by atoms with van der Waals surface area (Å²) in [5.41, 5.74) is 0.254. The van der Waals surface area contributed by atoms with Crippen molar-refractivity contribution in [2.24, 2.45) is 0 Å². The molecule has 0 bridgehead atoms. The molecule has 1 N–H and O–H groups in total. The fourth-order valence-electron chi connectivity index (χ4n) is 2.66. The third-order valence-corrected chi connectivity index (χ3v) is 7.53. The number of sulfonamides is 1. The number of rotatable bonds is 5. The smallest absolute Gasteiger partial charge is 0.251 e. The van der Waals surface area contributed by atoms with Crippen LogP contribution in [0.1, 0.15) is 28.2 Å². The highest BCUT2D eigenvalue weighted by molar-refractivity contribution is 7.89. The summed E-state index contributed by atoms with van der Waals surface area (Å²) in [7, 11) is -3.78. The highest BCUT2D eigenvalue weighted by Gasteiger charge is 2.29. The number of morpholine rings is 1. The van der Waals surface area contributed by atoms with Gasteiger partial charge in [-0.1, -0.05) is 17.7 Å². The minimum Gasteiger partial charge on any atom is -0.379 e. The Kier molecular flexibility index (Phi) is 5.99. The fraction of sp³-hybridized carbons (Fsp3) is 0.353. The fourth-order valence-corrected chi connectivity index (χ4v) is 5.30. The maximum Gasteiger partial charge on any atom is 0.251 e. The number of thiophene rings is 1. The molecule has 9 heteroatoms. The van der Waals surface area contributed by atoms with Gasteiger partial charge in [0.15, 0.2) is 0 Å². The minimum atomic E-state index is -3.78. The summed E-state index contributed by atoms with van der Waals surface area (Å²) in [4.78, 5) is 13.5. The van der Waals surface area contributed by atoms with Gasteiger partial charge >= 0.3 is 0 Å². The molecule has 3 rings (SSSR count). The van der Waals surface area contributed by atoms with Gasteiger partial charge in [-0.15, -0.1) is 11.3 Å². The Bertz CT molecular complexity index is 878. The Labute approximate surface area is 161 Å². The molecule has 1 saturated heterocycles. The molecule has 2 heterocycles. The molecule has 0 aliphatic carbocycles. The van der Waals surface area contributed by atoms with Gasteiger partial charge in [0.05, 0.1) is 24.3 Å². The van der Waals surface area contributed by atoms with Crippen molar-refractivity contribution in [3.05, 3.63) is 51.2 Å². The predicted molar refractivity (Wildman–Crippen MR) is 101 cm³/mol. The Morgan fingerprint density at radius 1 is 1.31 bits per heavy atom. The van der Waals surface area contributed by atoms with Gasteiger partial charge in [0.1, 0.15) is 4.90 Å². The zero-order chi connectivity index (χ0) is 18.7. The highest BCUT2D eigenvalue weighted by atomic mass is 35.5. The van der Waals surface area contributed by atoms with E-state index in [1.165, 1.54) is 22.5 Å². The lowest BCUT2D eigenvalue weighted by Crippen LogP contribution is -2.40. The van der Waals surface area contributed by atoms with Crippen LogP contribution >= 0.6 is 22.9 Å². The van der Waals surface area contributed by atoms with Gasteiger partial charge in [-0.3, -0.25) is 4.79 Å². The molecule has 1 aliphatic rings. The summed E-state index contributed by atoms with van der Waals surface area (Å²) < 4.78 is 32.2. The van der Waals surface area contributed by atoms with Crippen LogP contribution in [0.2, 0.25) is 5.02 Å². The third-order valence-electron chi connectivity index (χ3n) is 4.10. The van der Waals surface area contributed by atoms with Crippen LogP contribution in [0, 0.1) is 0 Å². The second-order valence-corrected chi connectivity index (χ2v) is 9.17. The number of amides is 1. The molecule has 1 atom stereocenters. The molecule has 0 spiro atoms. The lowest BCUT2D eigenvalue weighted by atomic mass is 10.2. The number of benzene rings is 1. The van der Waals surface area contributed by atoms with Gasteiger partial charge in [-0.05, 0) is 36.6 Å². The second kappa shape index (κ2) is 8.06. The number of carbonyl (C=O) groups is 1. The van der Waals surface area contributed by atoms with Crippen LogP contribution in [0.4, 0.5) is 0 Å². The van der Waals surface area contributed by atoms with Crippen molar-refractivity contribution in [3.8, 4) is 0 Å². The molecule has 1 aromatic heterocycles. The van der Waals surface area contributed by atoms with E-state index in [-0.39, 0.29) is 40.5 Å². The molecule has 0 saturated carbocycles. The Hall–Kier alpha value is -1.45. The quantitative estimate of drug-likeness (QED) is 0.816. The second-order valence-electron chi connectivity index (χ2n) is 5.87. The van der Waals surface area contributed by atoms with Crippen LogP contribution in [0.3, 0.4) is 0 Å². The van der Waals surface area contributed by atoms with Gasteiger partial charge in [0, 0.05) is 23.5 Å². The average Bonchev–Trinajstić information content (AvgIpc) is 3.17. The van der Waals surface area contributed by atoms with Gasteiger partial charge < -0.3 is 10.1 Å². The zero-order valence-electron chi connectivity index (χ0n) is 14.1. The van der Waals surface area contributed by atoms with Crippen LogP contribution < -0.4 is 5.32 Å². The van der Waals surface area contributed by atoms with E-state index in [4.69, 9.17) is 16.3 Å². The summed E-state index contributed by atoms with van der Waals surface area (Å²) >= 11 is 7.67. The van der Waals surface area contributed by atoms with E-state index in [9.17, 15) is 13.2 Å². The molecular formula is C17H19ClN2O4S2. The molecule has 1 unspecified atom stereocenters. The van der Waals surface area contributed by atoms with Gasteiger partial charge in [0.25, 0.3) is 5.91 Å². The van der Waals surface area contributed by atoms with Crippen LogP contribution in [0.5, 0.6) is 0 Å². The number of halogens is 1. The van der Waals surface area contributed by atoms with Crippen LogP contribution in [-0.4, -0.2) is 44.9 Å². The molecule has 1 aliphatic heterocycles.